The van der Waals surface area contributed by atoms with Crippen LogP contribution in [0.5, 0.6) is 0 Å². The minimum absolute atomic E-state index is 0.0694. The fourth-order valence-electron chi connectivity index (χ4n) is 3.04. The van der Waals surface area contributed by atoms with E-state index in [0.717, 1.165) is 18.5 Å². The lowest BCUT2D eigenvalue weighted by Crippen LogP contribution is -2.41. The molecule has 0 radical (unpaired) electrons. The monoisotopic (exact) mass is 338 g/mol. The Kier molecular flexibility index (Phi) is 5.68. The average molecular weight is 338 g/mol. The van der Waals surface area contributed by atoms with Crippen molar-refractivity contribution in [2.75, 3.05) is 30.4 Å². The van der Waals surface area contributed by atoms with Gasteiger partial charge < -0.3 is 10.2 Å². The van der Waals surface area contributed by atoms with Crippen LogP contribution in [-0.4, -0.2) is 50.4 Å². The molecule has 0 bridgehead atoms. The van der Waals surface area contributed by atoms with Gasteiger partial charge >= 0.3 is 0 Å². The molecule has 1 saturated heterocycles. The first kappa shape index (κ1) is 17.8. The first-order valence-corrected chi connectivity index (χ1v) is 10.0. The van der Waals surface area contributed by atoms with E-state index in [1.54, 1.807) is 11.9 Å². The fraction of sp³-hybridized carbons (Fsp3) is 0.588. The number of sulfone groups is 1. The largest absolute Gasteiger partial charge is 0.376 e. The van der Waals surface area contributed by atoms with Crippen LogP contribution in [0.15, 0.2) is 18.2 Å². The quantitative estimate of drug-likeness (QED) is 0.860. The van der Waals surface area contributed by atoms with Crippen molar-refractivity contribution in [1.29, 1.82) is 0 Å². The Morgan fingerprint density at radius 3 is 2.35 bits per heavy atom. The topological polar surface area (TPSA) is 66.5 Å². The summed E-state index contributed by atoms with van der Waals surface area (Å²) in [5.74, 6) is 0.197. The third kappa shape index (κ3) is 4.25. The van der Waals surface area contributed by atoms with E-state index in [1.807, 2.05) is 6.07 Å². The number of benzene rings is 1. The maximum absolute atomic E-state index is 12.4. The van der Waals surface area contributed by atoms with Crippen LogP contribution in [0.3, 0.4) is 0 Å². The van der Waals surface area contributed by atoms with Crippen molar-refractivity contribution in [3.63, 3.8) is 0 Å². The number of carbonyl (C=O) groups is 1. The maximum atomic E-state index is 12.4. The van der Waals surface area contributed by atoms with Crippen molar-refractivity contribution in [3.8, 4) is 0 Å². The van der Waals surface area contributed by atoms with Crippen molar-refractivity contribution in [2.24, 2.45) is 0 Å². The van der Waals surface area contributed by atoms with Crippen LogP contribution in [0, 0.1) is 0 Å². The number of carbonyl (C=O) groups excluding carboxylic acids is 1. The van der Waals surface area contributed by atoms with Crippen molar-refractivity contribution >= 4 is 21.4 Å². The number of anilines is 1. The minimum atomic E-state index is -2.98. The first-order valence-electron chi connectivity index (χ1n) is 8.18. The molecular formula is C17H26N2O3S. The molecule has 0 spiro atoms. The van der Waals surface area contributed by atoms with Gasteiger partial charge in [-0.25, -0.2) is 8.42 Å². The van der Waals surface area contributed by atoms with Gasteiger partial charge in [-0.05, 0) is 30.4 Å². The molecule has 1 N–H and O–H groups in total. The van der Waals surface area contributed by atoms with Crippen LogP contribution < -0.4 is 5.32 Å². The molecule has 1 amide bonds. The number of rotatable bonds is 6. The Labute approximate surface area is 139 Å². The molecule has 6 heteroatoms. The highest BCUT2D eigenvalue weighted by atomic mass is 32.2. The number of aryl methyl sites for hydroxylation is 2. The second-order valence-corrected chi connectivity index (χ2v) is 8.30. The lowest BCUT2D eigenvalue weighted by molar-refractivity contribution is -0.129. The van der Waals surface area contributed by atoms with E-state index in [2.05, 4.69) is 31.3 Å². The van der Waals surface area contributed by atoms with Crippen molar-refractivity contribution < 1.29 is 13.2 Å². The van der Waals surface area contributed by atoms with Crippen LogP contribution in [0.25, 0.3) is 0 Å². The van der Waals surface area contributed by atoms with Crippen molar-refractivity contribution in [1.82, 2.24) is 4.90 Å². The van der Waals surface area contributed by atoms with Gasteiger partial charge in [-0.1, -0.05) is 32.0 Å². The second kappa shape index (κ2) is 7.34. The van der Waals surface area contributed by atoms with Crippen LogP contribution in [0.1, 0.15) is 31.4 Å². The molecule has 1 heterocycles. The summed E-state index contributed by atoms with van der Waals surface area (Å²) in [7, 11) is -1.28. The number of hydrogen-bond donors (Lipinski definition) is 1. The van der Waals surface area contributed by atoms with Crippen LogP contribution in [-0.2, 0) is 27.5 Å². The smallest absolute Gasteiger partial charge is 0.241 e. The van der Waals surface area contributed by atoms with Gasteiger partial charge in [-0.15, -0.1) is 0 Å². The van der Waals surface area contributed by atoms with E-state index >= 15 is 0 Å². The van der Waals surface area contributed by atoms with Gasteiger partial charge in [0.05, 0.1) is 18.1 Å². The zero-order valence-electron chi connectivity index (χ0n) is 14.1. The molecule has 0 aromatic heterocycles. The van der Waals surface area contributed by atoms with Gasteiger partial charge in [-0.2, -0.15) is 0 Å². The van der Waals surface area contributed by atoms with Crippen LogP contribution in [0.4, 0.5) is 5.69 Å². The third-order valence-electron chi connectivity index (χ3n) is 4.56. The molecule has 1 aromatic rings. The van der Waals surface area contributed by atoms with Gasteiger partial charge in [0.2, 0.25) is 5.91 Å². The van der Waals surface area contributed by atoms with Crippen molar-refractivity contribution in [2.45, 2.75) is 39.2 Å². The number of para-hydroxylation sites is 1. The number of nitrogens with zero attached hydrogens (tertiary/aromatic N) is 1. The third-order valence-corrected chi connectivity index (χ3v) is 6.32. The van der Waals surface area contributed by atoms with E-state index in [-0.39, 0.29) is 30.0 Å². The molecule has 1 aliphatic rings. The Bertz CT molecular complexity index is 648. The molecule has 1 fully saturated rings. The Morgan fingerprint density at radius 2 is 1.87 bits per heavy atom. The molecule has 2 rings (SSSR count). The Morgan fingerprint density at radius 1 is 1.26 bits per heavy atom. The molecule has 23 heavy (non-hydrogen) atoms. The van der Waals surface area contributed by atoms with Gasteiger partial charge in [0.25, 0.3) is 0 Å². The van der Waals surface area contributed by atoms with E-state index in [4.69, 9.17) is 0 Å². The van der Waals surface area contributed by atoms with Gasteiger partial charge in [0, 0.05) is 18.8 Å². The van der Waals surface area contributed by atoms with Crippen molar-refractivity contribution in [3.05, 3.63) is 29.3 Å². The molecule has 1 atom stereocenters. The summed E-state index contributed by atoms with van der Waals surface area (Å²) in [5, 5.41) is 3.27. The zero-order valence-corrected chi connectivity index (χ0v) is 14.9. The molecule has 128 valence electrons. The molecule has 5 nitrogen and oxygen atoms in total. The van der Waals surface area contributed by atoms with E-state index in [9.17, 15) is 13.2 Å². The molecular weight excluding hydrogens is 312 g/mol. The van der Waals surface area contributed by atoms with E-state index < -0.39 is 9.84 Å². The Hall–Kier alpha value is -1.56. The number of amides is 1. The summed E-state index contributed by atoms with van der Waals surface area (Å²) >= 11 is 0. The van der Waals surface area contributed by atoms with Crippen LogP contribution in [0.2, 0.25) is 0 Å². The van der Waals surface area contributed by atoms with E-state index in [1.165, 1.54) is 11.1 Å². The summed E-state index contributed by atoms with van der Waals surface area (Å²) in [6, 6.07) is 5.99. The summed E-state index contributed by atoms with van der Waals surface area (Å²) in [6.07, 6.45) is 2.35. The highest BCUT2D eigenvalue weighted by Crippen LogP contribution is 2.23. The summed E-state index contributed by atoms with van der Waals surface area (Å²) in [4.78, 5) is 14.0. The molecule has 1 unspecified atom stereocenters. The summed E-state index contributed by atoms with van der Waals surface area (Å²) < 4.78 is 23.1. The molecule has 1 aromatic carbocycles. The number of nitrogens with one attached hydrogen (secondary N) is 1. The predicted molar refractivity (Wildman–Crippen MR) is 93.5 cm³/mol. The second-order valence-electron chi connectivity index (χ2n) is 6.07. The fourth-order valence-corrected chi connectivity index (χ4v) is 4.82. The van der Waals surface area contributed by atoms with Gasteiger partial charge in [-0.3, -0.25) is 4.79 Å². The molecule has 1 aliphatic heterocycles. The van der Waals surface area contributed by atoms with Gasteiger partial charge in [0.1, 0.15) is 0 Å². The number of hydrogen-bond acceptors (Lipinski definition) is 4. The summed E-state index contributed by atoms with van der Waals surface area (Å²) in [5.41, 5.74) is 3.43. The standard InChI is InChI=1S/C17H26N2O3S/c1-4-13-7-6-8-14(5-2)17(13)18-11-16(20)19(3)15-9-10-23(21,22)12-15/h6-8,15,18H,4-5,9-12H2,1-3H3. The molecule has 0 saturated carbocycles. The maximum Gasteiger partial charge on any atom is 0.241 e. The highest BCUT2D eigenvalue weighted by molar-refractivity contribution is 7.91. The summed E-state index contributed by atoms with van der Waals surface area (Å²) in [6.45, 7) is 4.38. The lowest BCUT2D eigenvalue weighted by Gasteiger charge is -2.24. The SMILES string of the molecule is CCc1cccc(CC)c1NCC(=O)N(C)C1CCS(=O)(=O)C1. The first-order chi connectivity index (χ1) is 10.9. The molecule has 0 aliphatic carbocycles. The normalized spacial score (nSPS) is 19.5. The van der Waals surface area contributed by atoms with E-state index in [0.29, 0.717) is 6.42 Å². The zero-order chi connectivity index (χ0) is 17.0. The van der Waals surface area contributed by atoms with Crippen LogP contribution >= 0.6 is 0 Å². The minimum Gasteiger partial charge on any atom is -0.376 e. The lowest BCUT2D eigenvalue weighted by atomic mass is 10.0. The predicted octanol–water partition coefficient (Wildman–Crippen LogP) is 1.87. The highest BCUT2D eigenvalue weighted by Gasteiger charge is 2.32. The van der Waals surface area contributed by atoms with Gasteiger partial charge in [0.15, 0.2) is 9.84 Å². The Balaban J connectivity index is 2.02. The number of likely N-dealkylation sites (N-methyl/N-ethyl adjacent to an activating group) is 1. The average Bonchev–Trinajstić information content (AvgIpc) is 2.91.